The minimum Gasteiger partial charge on any atom is -0.494 e. The van der Waals surface area contributed by atoms with E-state index in [9.17, 15) is 14.0 Å². The number of carbonyl (C=O) groups excluding carboxylic acids is 1. The Morgan fingerprint density at radius 3 is 2.82 bits per heavy atom. The van der Waals surface area contributed by atoms with E-state index in [1.54, 1.807) is 6.07 Å². The minimum absolute atomic E-state index is 0.130. The number of ether oxygens (including phenoxy) is 1. The summed E-state index contributed by atoms with van der Waals surface area (Å²) >= 11 is 0. The van der Waals surface area contributed by atoms with Gasteiger partial charge in [-0.25, -0.2) is 9.18 Å². The molecule has 0 aromatic heterocycles. The molecular weight excluding hydrogens is 289 g/mol. The van der Waals surface area contributed by atoms with Crippen LogP contribution in [0.15, 0.2) is 24.3 Å². The van der Waals surface area contributed by atoms with Crippen molar-refractivity contribution in [2.75, 3.05) is 13.7 Å². The van der Waals surface area contributed by atoms with Crippen LogP contribution in [0.1, 0.15) is 24.8 Å². The van der Waals surface area contributed by atoms with Crippen LogP contribution < -0.4 is 4.74 Å². The van der Waals surface area contributed by atoms with E-state index in [2.05, 4.69) is 0 Å². The van der Waals surface area contributed by atoms with Crippen molar-refractivity contribution in [2.24, 2.45) is 0 Å². The van der Waals surface area contributed by atoms with Gasteiger partial charge in [0.15, 0.2) is 11.6 Å². The Bertz CT molecular complexity index is 600. The molecule has 0 spiro atoms. The molecule has 0 saturated carbocycles. The van der Waals surface area contributed by atoms with Crippen molar-refractivity contribution in [1.29, 1.82) is 0 Å². The zero-order valence-electron chi connectivity index (χ0n) is 12.3. The monoisotopic (exact) mass is 307 g/mol. The van der Waals surface area contributed by atoms with E-state index in [0.717, 1.165) is 12.8 Å². The maximum Gasteiger partial charge on any atom is 0.326 e. The minimum atomic E-state index is -0.989. The predicted molar refractivity (Wildman–Crippen MR) is 79.0 cm³/mol. The molecular formula is C16H18FNO4. The zero-order chi connectivity index (χ0) is 16.1. The lowest BCUT2D eigenvalue weighted by Gasteiger charge is -2.32. The number of benzene rings is 1. The molecule has 118 valence electrons. The standard InChI is InChI=1S/C16H18FNO4/c1-22-14-7-5-11(10-12(14)17)6-8-15(19)18-9-3-2-4-13(18)16(20)21/h5-8,10,13H,2-4,9H2,1H3,(H,20,21)/t13-/m1/s1. The van der Waals surface area contributed by atoms with Crippen LogP contribution in [0, 0.1) is 5.82 Å². The molecule has 6 heteroatoms. The number of aliphatic carboxylic acids is 1. The average molecular weight is 307 g/mol. The van der Waals surface area contributed by atoms with Gasteiger partial charge in [0.25, 0.3) is 0 Å². The molecule has 2 rings (SSSR count). The molecule has 5 nitrogen and oxygen atoms in total. The third-order valence-electron chi connectivity index (χ3n) is 3.67. The Kier molecular flexibility index (Phi) is 5.14. The Morgan fingerprint density at radius 1 is 1.41 bits per heavy atom. The lowest BCUT2D eigenvalue weighted by molar-refractivity contribution is -0.150. The molecule has 1 atom stereocenters. The number of nitrogens with zero attached hydrogens (tertiary/aromatic N) is 1. The smallest absolute Gasteiger partial charge is 0.326 e. The van der Waals surface area contributed by atoms with E-state index < -0.39 is 17.8 Å². The fraction of sp³-hybridized carbons (Fsp3) is 0.375. The van der Waals surface area contributed by atoms with Gasteiger partial charge in [-0.05, 0) is 43.0 Å². The third kappa shape index (κ3) is 3.63. The number of piperidine rings is 1. The molecule has 0 bridgehead atoms. The Morgan fingerprint density at radius 2 is 2.18 bits per heavy atom. The maximum atomic E-state index is 13.6. The van der Waals surface area contributed by atoms with Gasteiger partial charge < -0.3 is 14.7 Å². The summed E-state index contributed by atoms with van der Waals surface area (Å²) in [5.74, 6) is -1.75. The van der Waals surface area contributed by atoms with Gasteiger partial charge in [0.2, 0.25) is 5.91 Å². The molecule has 1 fully saturated rings. The molecule has 1 N–H and O–H groups in total. The van der Waals surface area contributed by atoms with Crippen molar-refractivity contribution < 1.29 is 23.8 Å². The van der Waals surface area contributed by atoms with Gasteiger partial charge in [-0.15, -0.1) is 0 Å². The normalized spacial score (nSPS) is 18.5. The van der Waals surface area contributed by atoms with Crippen molar-refractivity contribution in [3.63, 3.8) is 0 Å². The molecule has 1 amide bonds. The van der Waals surface area contributed by atoms with Crippen LogP contribution in [0.5, 0.6) is 5.75 Å². The van der Waals surface area contributed by atoms with Crippen LogP contribution in [0.2, 0.25) is 0 Å². The first-order valence-electron chi connectivity index (χ1n) is 7.08. The lowest BCUT2D eigenvalue weighted by atomic mass is 10.0. The first kappa shape index (κ1) is 16.0. The number of carboxylic acids is 1. The quantitative estimate of drug-likeness (QED) is 0.867. The van der Waals surface area contributed by atoms with Crippen LogP contribution >= 0.6 is 0 Å². The second-order valence-electron chi connectivity index (χ2n) is 5.11. The Labute approximate surface area is 128 Å². The summed E-state index contributed by atoms with van der Waals surface area (Å²) in [6.07, 6.45) is 4.81. The number of carbonyl (C=O) groups is 2. The second kappa shape index (κ2) is 7.06. The summed E-state index contributed by atoms with van der Waals surface area (Å²) in [6, 6.07) is 3.57. The highest BCUT2D eigenvalue weighted by Gasteiger charge is 2.30. The first-order chi connectivity index (χ1) is 10.5. The van der Waals surface area contributed by atoms with E-state index in [1.807, 2.05) is 0 Å². The fourth-order valence-electron chi connectivity index (χ4n) is 2.50. The van der Waals surface area contributed by atoms with Crippen LogP contribution in [0.3, 0.4) is 0 Å². The summed E-state index contributed by atoms with van der Waals surface area (Å²) < 4.78 is 18.4. The van der Waals surface area contributed by atoms with E-state index in [4.69, 9.17) is 9.84 Å². The number of halogens is 1. The van der Waals surface area contributed by atoms with Crippen molar-refractivity contribution in [3.05, 3.63) is 35.7 Å². The van der Waals surface area contributed by atoms with Crippen molar-refractivity contribution in [3.8, 4) is 5.75 Å². The SMILES string of the molecule is COc1ccc(C=CC(=O)N2CCCC[C@@H]2C(=O)O)cc1F. The summed E-state index contributed by atoms with van der Waals surface area (Å²) in [5, 5.41) is 9.16. The zero-order valence-corrected chi connectivity index (χ0v) is 12.3. The predicted octanol–water partition coefficient (Wildman–Crippen LogP) is 2.31. The molecule has 1 aliphatic heterocycles. The van der Waals surface area contributed by atoms with Crippen LogP contribution in [0.25, 0.3) is 6.08 Å². The molecule has 1 aliphatic rings. The molecule has 0 aliphatic carbocycles. The number of rotatable bonds is 4. The molecule has 22 heavy (non-hydrogen) atoms. The summed E-state index contributed by atoms with van der Waals surface area (Å²) in [6.45, 7) is 0.428. The van der Waals surface area contributed by atoms with E-state index in [0.29, 0.717) is 18.5 Å². The van der Waals surface area contributed by atoms with Gasteiger partial charge in [0.1, 0.15) is 6.04 Å². The number of hydrogen-bond acceptors (Lipinski definition) is 3. The lowest BCUT2D eigenvalue weighted by Crippen LogP contribution is -2.47. The number of hydrogen-bond donors (Lipinski definition) is 1. The molecule has 1 saturated heterocycles. The second-order valence-corrected chi connectivity index (χ2v) is 5.11. The Hall–Kier alpha value is -2.37. The number of amides is 1. The largest absolute Gasteiger partial charge is 0.494 e. The topological polar surface area (TPSA) is 66.8 Å². The van der Waals surface area contributed by atoms with Crippen molar-refractivity contribution in [2.45, 2.75) is 25.3 Å². The summed E-state index contributed by atoms with van der Waals surface area (Å²) in [7, 11) is 1.37. The van der Waals surface area contributed by atoms with Crippen molar-refractivity contribution >= 4 is 18.0 Å². The summed E-state index contributed by atoms with van der Waals surface area (Å²) in [5.41, 5.74) is 0.510. The average Bonchev–Trinajstić information content (AvgIpc) is 2.52. The van der Waals surface area contributed by atoms with Gasteiger partial charge in [-0.3, -0.25) is 4.79 Å². The fourth-order valence-corrected chi connectivity index (χ4v) is 2.50. The maximum absolute atomic E-state index is 13.6. The van der Waals surface area contributed by atoms with Gasteiger partial charge >= 0.3 is 5.97 Å². The van der Waals surface area contributed by atoms with Gasteiger partial charge in [-0.2, -0.15) is 0 Å². The van der Waals surface area contributed by atoms with E-state index >= 15 is 0 Å². The number of likely N-dealkylation sites (tertiary alicyclic amines) is 1. The highest BCUT2D eigenvalue weighted by atomic mass is 19.1. The molecule has 1 aromatic carbocycles. The van der Waals surface area contributed by atoms with Gasteiger partial charge in [-0.1, -0.05) is 6.07 Å². The molecule has 0 radical (unpaired) electrons. The van der Waals surface area contributed by atoms with E-state index in [-0.39, 0.29) is 11.7 Å². The van der Waals surface area contributed by atoms with Crippen LogP contribution in [-0.4, -0.2) is 41.6 Å². The highest BCUT2D eigenvalue weighted by molar-refractivity contribution is 5.94. The summed E-state index contributed by atoms with van der Waals surface area (Å²) in [4.78, 5) is 24.7. The number of carboxylic acid groups (broad SMARTS) is 1. The molecule has 0 unspecified atom stereocenters. The van der Waals surface area contributed by atoms with Gasteiger partial charge in [0, 0.05) is 12.6 Å². The van der Waals surface area contributed by atoms with E-state index in [1.165, 1.54) is 36.3 Å². The molecule has 1 heterocycles. The highest BCUT2D eigenvalue weighted by Crippen LogP contribution is 2.20. The molecule has 1 aromatic rings. The van der Waals surface area contributed by atoms with Gasteiger partial charge in [0.05, 0.1) is 7.11 Å². The van der Waals surface area contributed by atoms with Crippen molar-refractivity contribution in [1.82, 2.24) is 4.90 Å². The third-order valence-corrected chi connectivity index (χ3v) is 3.67. The van der Waals surface area contributed by atoms with Crippen LogP contribution in [-0.2, 0) is 9.59 Å². The Balaban J connectivity index is 2.10. The number of methoxy groups -OCH3 is 1. The first-order valence-corrected chi connectivity index (χ1v) is 7.08. The van der Waals surface area contributed by atoms with Crippen LogP contribution in [0.4, 0.5) is 4.39 Å².